The average molecular weight is 393 g/mol. The Morgan fingerprint density at radius 3 is 2.48 bits per heavy atom. The van der Waals surface area contributed by atoms with Crippen molar-refractivity contribution in [2.75, 3.05) is 29.2 Å². The van der Waals surface area contributed by atoms with Crippen LogP contribution in [0.1, 0.15) is 29.5 Å². The fraction of sp³-hybridized carbons (Fsp3) is 0.318. The van der Waals surface area contributed by atoms with Crippen molar-refractivity contribution in [2.45, 2.75) is 32.6 Å². The van der Waals surface area contributed by atoms with E-state index < -0.39 is 11.8 Å². The second-order valence-electron chi connectivity index (χ2n) is 7.40. The van der Waals surface area contributed by atoms with E-state index in [0.717, 1.165) is 41.8 Å². The number of ether oxygens (including phenoxy) is 1. The molecule has 0 fully saturated rings. The Kier molecular flexibility index (Phi) is 4.96. The highest BCUT2D eigenvalue weighted by atomic mass is 16.5. The van der Waals surface area contributed by atoms with Gasteiger partial charge in [-0.25, -0.2) is 0 Å². The Bertz CT molecular complexity index is 998. The van der Waals surface area contributed by atoms with Crippen molar-refractivity contribution < 1.29 is 19.1 Å². The van der Waals surface area contributed by atoms with E-state index in [-0.39, 0.29) is 5.91 Å². The smallest absolute Gasteiger partial charge is 0.314 e. The van der Waals surface area contributed by atoms with E-state index in [0.29, 0.717) is 30.0 Å². The number of benzene rings is 2. The highest BCUT2D eigenvalue weighted by molar-refractivity contribution is 6.43. The van der Waals surface area contributed by atoms with Gasteiger partial charge in [0.1, 0.15) is 5.75 Å². The van der Waals surface area contributed by atoms with Crippen LogP contribution in [0.2, 0.25) is 0 Å². The number of rotatable bonds is 3. The molecule has 2 aromatic rings. The Labute approximate surface area is 169 Å². The van der Waals surface area contributed by atoms with Gasteiger partial charge in [-0.05, 0) is 67.1 Å². The maximum atomic E-state index is 12.5. The average Bonchev–Trinajstić information content (AvgIpc) is 2.70. The van der Waals surface area contributed by atoms with Gasteiger partial charge in [0.05, 0.1) is 18.5 Å². The van der Waals surface area contributed by atoms with Gasteiger partial charge in [-0.2, -0.15) is 0 Å². The lowest BCUT2D eigenvalue weighted by molar-refractivity contribution is -0.133. The minimum Gasteiger partial charge on any atom is -0.495 e. The van der Waals surface area contributed by atoms with Crippen molar-refractivity contribution in [3.8, 4) is 5.75 Å². The Morgan fingerprint density at radius 1 is 1.00 bits per heavy atom. The molecule has 2 N–H and O–H groups in total. The quantitative estimate of drug-likeness (QED) is 0.785. The number of amides is 3. The maximum absolute atomic E-state index is 12.5. The predicted molar refractivity (Wildman–Crippen MR) is 110 cm³/mol. The van der Waals surface area contributed by atoms with Gasteiger partial charge >= 0.3 is 11.8 Å². The van der Waals surface area contributed by atoms with Crippen molar-refractivity contribution in [1.82, 2.24) is 0 Å². The molecule has 0 atom stereocenters. The SMILES string of the molecule is COc1ccc(C)cc1NC(=O)C(=O)Nc1cc2c3c(c1)CCC(=O)N3CCC2. The van der Waals surface area contributed by atoms with Crippen molar-refractivity contribution >= 4 is 34.8 Å². The maximum Gasteiger partial charge on any atom is 0.314 e. The van der Waals surface area contributed by atoms with Crippen molar-refractivity contribution in [1.29, 1.82) is 0 Å². The van der Waals surface area contributed by atoms with Gasteiger partial charge in [0.2, 0.25) is 5.91 Å². The number of nitrogens with one attached hydrogen (secondary N) is 2. The van der Waals surface area contributed by atoms with Crippen LogP contribution in [0.25, 0.3) is 0 Å². The molecule has 0 bridgehead atoms. The highest BCUT2D eigenvalue weighted by Crippen LogP contribution is 2.37. The predicted octanol–water partition coefficient (Wildman–Crippen LogP) is 2.81. The molecule has 29 heavy (non-hydrogen) atoms. The third-order valence-electron chi connectivity index (χ3n) is 5.34. The number of hydrogen-bond acceptors (Lipinski definition) is 4. The topological polar surface area (TPSA) is 87.7 Å². The molecule has 2 heterocycles. The van der Waals surface area contributed by atoms with E-state index >= 15 is 0 Å². The van der Waals surface area contributed by atoms with Gasteiger partial charge in [0, 0.05) is 18.7 Å². The highest BCUT2D eigenvalue weighted by Gasteiger charge is 2.30. The van der Waals surface area contributed by atoms with E-state index in [1.807, 2.05) is 30.0 Å². The molecular formula is C22H23N3O4. The minimum atomic E-state index is -0.767. The van der Waals surface area contributed by atoms with Gasteiger partial charge < -0.3 is 20.3 Å². The van der Waals surface area contributed by atoms with Crippen LogP contribution in [0.4, 0.5) is 17.1 Å². The first-order valence-electron chi connectivity index (χ1n) is 9.69. The largest absolute Gasteiger partial charge is 0.495 e. The monoisotopic (exact) mass is 393 g/mol. The summed E-state index contributed by atoms with van der Waals surface area (Å²) in [5.41, 5.74) is 5.03. The molecule has 0 spiro atoms. The Hall–Kier alpha value is -3.35. The standard InChI is InChI=1S/C22H23N3O4/c1-13-5-7-18(29-2)17(10-13)24-22(28)21(27)23-16-11-14-4-3-9-25-19(26)8-6-15(12-16)20(14)25/h5,7,10-12H,3-4,6,8-9H2,1-2H3,(H,23,27)(H,24,28). The van der Waals surface area contributed by atoms with Gasteiger partial charge in [-0.3, -0.25) is 14.4 Å². The number of carbonyl (C=O) groups is 3. The molecule has 3 amide bonds. The molecule has 7 nitrogen and oxygen atoms in total. The Balaban J connectivity index is 1.53. The summed E-state index contributed by atoms with van der Waals surface area (Å²) in [6.07, 6.45) is 2.86. The van der Waals surface area contributed by atoms with Crippen LogP contribution in [0.15, 0.2) is 30.3 Å². The van der Waals surface area contributed by atoms with E-state index in [4.69, 9.17) is 4.74 Å². The van der Waals surface area contributed by atoms with Crippen LogP contribution < -0.4 is 20.3 Å². The van der Waals surface area contributed by atoms with Crippen LogP contribution in [0.5, 0.6) is 5.75 Å². The van der Waals surface area contributed by atoms with Crippen molar-refractivity contribution in [3.05, 3.63) is 47.0 Å². The van der Waals surface area contributed by atoms with Crippen LogP contribution in [-0.4, -0.2) is 31.4 Å². The fourth-order valence-electron chi connectivity index (χ4n) is 4.01. The number of methoxy groups -OCH3 is 1. The number of carbonyl (C=O) groups excluding carboxylic acids is 3. The molecule has 7 heteroatoms. The zero-order valence-electron chi connectivity index (χ0n) is 16.5. The zero-order chi connectivity index (χ0) is 20.5. The van der Waals surface area contributed by atoms with E-state index in [1.54, 1.807) is 12.1 Å². The third kappa shape index (κ3) is 3.68. The van der Waals surface area contributed by atoms with Crippen LogP contribution in [0, 0.1) is 6.92 Å². The molecule has 0 aliphatic carbocycles. The van der Waals surface area contributed by atoms with Gasteiger partial charge in [-0.1, -0.05) is 6.07 Å². The zero-order valence-corrected chi connectivity index (χ0v) is 16.5. The number of hydrogen-bond donors (Lipinski definition) is 2. The van der Waals surface area contributed by atoms with Gasteiger partial charge in [-0.15, -0.1) is 0 Å². The first kappa shape index (κ1) is 19.0. The molecule has 0 unspecified atom stereocenters. The number of nitrogens with zero attached hydrogens (tertiary/aromatic N) is 1. The second kappa shape index (κ2) is 7.58. The molecule has 0 saturated heterocycles. The lowest BCUT2D eigenvalue weighted by atomic mass is 9.91. The summed E-state index contributed by atoms with van der Waals surface area (Å²) >= 11 is 0. The first-order chi connectivity index (χ1) is 14.0. The molecule has 0 radical (unpaired) electrons. The summed E-state index contributed by atoms with van der Waals surface area (Å²) in [6, 6.07) is 9.08. The fourth-order valence-corrected chi connectivity index (χ4v) is 4.01. The molecule has 2 aromatic carbocycles. The van der Waals surface area contributed by atoms with Crippen molar-refractivity contribution in [3.63, 3.8) is 0 Å². The van der Waals surface area contributed by atoms with E-state index in [2.05, 4.69) is 10.6 Å². The number of aryl methyl sites for hydroxylation is 3. The summed E-state index contributed by atoms with van der Waals surface area (Å²) in [7, 11) is 1.51. The molecule has 4 rings (SSSR count). The summed E-state index contributed by atoms with van der Waals surface area (Å²) in [5.74, 6) is -0.876. The second-order valence-corrected chi connectivity index (χ2v) is 7.40. The summed E-state index contributed by atoms with van der Waals surface area (Å²) < 4.78 is 5.24. The Morgan fingerprint density at radius 2 is 1.72 bits per heavy atom. The molecule has 0 aromatic heterocycles. The van der Waals surface area contributed by atoms with Crippen LogP contribution >= 0.6 is 0 Å². The lowest BCUT2D eigenvalue weighted by Crippen LogP contribution is -2.39. The molecular weight excluding hydrogens is 370 g/mol. The van der Waals surface area contributed by atoms with Gasteiger partial charge in [0.25, 0.3) is 0 Å². The third-order valence-corrected chi connectivity index (χ3v) is 5.34. The minimum absolute atomic E-state index is 0.154. The van der Waals surface area contributed by atoms with E-state index in [9.17, 15) is 14.4 Å². The normalized spacial score (nSPS) is 14.8. The lowest BCUT2D eigenvalue weighted by Gasteiger charge is -2.35. The summed E-state index contributed by atoms with van der Waals surface area (Å²) in [5, 5.41) is 5.30. The van der Waals surface area contributed by atoms with Gasteiger partial charge in [0.15, 0.2) is 0 Å². The first-order valence-corrected chi connectivity index (χ1v) is 9.69. The molecule has 150 valence electrons. The van der Waals surface area contributed by atoms with Crippen LogP contribution in [-0.2, 0) is 27.2 Å². The molecule has 2 aliphatic rings. The van der Waals surface area contributed by atoms with E-state index in [1.165, 1.54) is 7.11 Å². The number of anilines is 3. The summed E-state index contributed by atoms with van der Waals surface area (Å²) in [6.45, 7) is 2.63. The van der Waals surface area contributed by atoms with Crippen LogP contribution in [0.3, 0.4) is 0 Å². The molecule has 0 saturated carbocycles. The summed E-state index contributed by atoms with van der Waals surface area (Å²) in [4.78, 5) is 38.9. The molecule has 2 aliphatic heterocycles. The van der Waals surface area contributed by atoms with Crippen molar-refractivity contribution in [2.24, 2.45) is 0 Å².